The number of hydrogen-bond donors (Lipinski definition) is 2. The van der Waals surface area contributed by atoms with Crippen molar-refractivity contribution < 1.29 is 4.79 Å². The smallest absolute Gasteiger partial charge is 0.255 e. The molecule has 2 N–H and O–H groups in total. The van der Waals surface area contributed by atoms with Crippen molar-refractivity contribution in [2.45, 2.75) is 6.92 Å². The molecule has 0 saturated heterocycles. The number of amides is 1. The van der Waals surface area contributed by atoms with Crippen LogP contribution >= 0.6 is 0 Å². The van der Waals surface area contributed by atoms with Crippen LogP contribution in [0.15, 0.2) is 61.1 Å². The maximum atomic E-state index is 12.2. The van der Waals surface area contributed by atoms with Crippen molar-refractivity contribution in [1.82, 2.24) is 9.97 Å². The molecule has 0 atom stereocenters. The molecule has 0 aliphatic rings. The minimum atomic E-state index is -0.0950. The molecule has 0 radical (unpaired) electrons. The lowest BCUT2D eigenvalue weighted by atomic mass is 10.1. The van der Waals surface area contributed by atoms with E-state index in [1.54, 1.807) is 12.5 Å². The number of imidazole rings is 1. The zero-order valence-corrected chi connectivity index (χ0v) is 11.6. The molecule has 1 aromatic heterocycles. The Morgan fingerprint density at radius 1 is 1.10 bits per heavy atom. The number of rotatable bonds is 3. The summed E-state index contributed by atoms with van der Waals surface area (Å²) in [4.78, 5) is 19.3. The summed E-state index contributed by atoms with van der Waals surface area (Å²) in [5.74, 6) is -0.0950. The summed E-state index contributed by atoms with van der Waals surface area (Å²) in [6.07, 6.45) is 3.41. The number of nitrogens with zero attached hydrogens (tertiary/aromatic N) is 1. The van der Waals surface area contributed by atoms with Gasteiger partial charge in [0.05, 0.1) is 18.2 Å². The number of aromatic nitrogens is 2. The van der Waals surface area contributed by atoms with Crippen molar-refractivity contribution in [3.05, 3.63) is 72.2 Å². The van der Waals surface area contributed by atoms with Crippen LogP contribution in [0.2, 0.25) is 0 Å². The molecule has 0 spiro atoms. The Morgan fingerprint density at radius 3 is 2.52 bits per heavy atom. The van der Waals surface area contributed by atoms with E-state index in [0.29, 0.717) is 5.56 Å². The summed E-state index contributed by atoms with van der Waals surface area (Å²) in [5.41, 5.74) is 4.40. The minimum Gasteiger partial charge on any atom is -0.345 e. The zero-order valence-electron chi connectivity index (χ0n) is 11.6. The molecule has 4 nitrogen and oxygen atoms in total. The van der Waals surface area contributed by atoms with Crippen LogP contribution in [0.3, 0.4) is 0 Å². The standard InChI is InChI=1S/C17H15N3O/c1-12-4-2-3-5-15(12)17(21)20-14-8-6-13(7-9-14)16-10-18-11-19-16/h2-11H,1H3,(H,18,19)(H,20,21). The number of carbonyl (C=O) groups excluding carboxylic acids is 1. The molecular weight excluding hydrogens is 262 g/mol. The van der Waals surface area contributed by atoms with Gasteiger partial charge in [0.2, 0.25) is 0 Å². The van der Waals surface area contributed by atoms with Crippen LogP contribution in [0.1, 0.15) is 15.9 Å². The topological polar surface area (TPSA) is 57.8 Å². The van der Waals surface area contributed by atoms with Crippen LogP contribution in [0.25, 0.3) is 11.3 Å². The Morgan fingerprint density at radius 2 is 1.86 bits per heavy atom. The van der Waals surface area contributed by atoms with Crippen LogP contribution in [0.5, 0.6) is 0 Å². The van der Waals surface area contributed by atoms with E-state index < -0.39 is 0 Å². The van der Waals surface area contributed by atoms with E-state index in [2.05, 4.69) is 15.3 Å². The van der Waals surface area contributed by atoms with Gasteiger partial charge in [-0.1, -0.05) is 30.3 Å². The highest BCUT2D eigenvalue weighted by molar-refractivity contribution is 6.05. The van der Waals surface area contributed by atoms with E-state index in [-0.39, 0.29) is 5.91 Å². The minimum absolute atomic E-state index is 0.0950. The third-order valence-electron chi connectivity index (χ3n) is 3.34. The lowest BCUT2D eigenvalue weighted by Gasteiger charge is -2.08. The highest BCUT2D eigenvalue weighted by Gasteiger charge is 2.08. The van der Waals surface area contributed by atoms with Crippen molar-refractivity contribution in [3.63, 3.8) is 0 Å². The average Bonchev–Trinajstić information content (AvgIpc) is 3.02. The van der Waals surface area contributed by atoms with Crippen molar-refractivity contribution in [1.29, 1.82) is 0 Å². The lowest BCUT2D eigenvalue weighted by Crippen LogP contribution is -2.13. The normalized spacial score (nSPS) is 10.3. The number of nitrogens with one attached hydrogen (secondary N) is 2. The third-order valence-corrected chi connectivity index (χ3v) is 3.34. The molecule has 3 rings (SSSR count). The first-order valence-electron chi connectivity index (χ1n) is 6.70. The lowest BCUT2D eigenvalue weighted by molar-refractivity contribution is 0.102. The van der Waals surface area contributed by atoms with E-state index in [1.807, 2.05) is 55.5 Å². The van der Waals surface area contributed by atoms with Gasteiger partial charge in [-0.15, -0.1) is 0 Å². The van der Waals surface area contributed by atoms with E-state index >= 15 is 0 Å². The number of hydrogen-bond acceptors (Lipinski definition) is 2. The van der Waals surface area contributed by atoms with Crippen molar-refractivity contribution in [2.75, 3.05) is 5.32 Å². The van der Waals surface area contributed by atoms with Gasteiger partial charge in [-0.25, -0.2) is 4.98 Å². The predicted molar refractivity (Wildman–Crippen MR) is 83.2 cm³/mol. The van der Waals surface area contributed by atoms with Crippen LogP contribution < -0.4 is 5.32 Å². The first kappa shape index (κ1) is 13.1. The molecular formula is C17H15N3O. The Bertz CT molecular complexity index is 746. The molecule has 21 heavy (non-hydrogen) atoms. The van der Waals surface area contributed by atoms with Gasteiger partial charge in [0.15, 0.2) is 0 Å². The van der Waals surface area contributed by atoms with E-state index in [0.717, 1.165) is 22.5 Å². The van der Waals surface area contributed by atoms with Crippen LogP contribution in [0, 0.1) is 6.92 Å². The number of anilines is 1. The maximum absolute atomic E-state index is 12.2. The fourth-order valence-electron chi connectivity index (χ4n) is 2.17. The second-order valence-electron chi connectivity index (χ2n) is 4.81. The molecule has 0 fully saturated rings. The number of H-pyrrole nitrogens is 1. The second kappa shape index (κ2) is 5.63. The predicted octanol–water partition coefficient (Wildman–Crippen LogP) is 3.64. The SMILES string of the molecule is Cc1ccccc1C(=O)Nc1ccc(-c2cnc[nH]2)cc1. The van der Waals surface area contributed by atoms with Gasteiger partial charge in [0, 0.05) is 11.3 Å². The molecule has 0 aliphatic heterocycles. The molecule has 1 heterocycles. The molecule has 104 valence electrons. The summed E-state index contributed by atoms with van der Waals surface area (Å²) >= 11 is 0. The average molecular weight is 277 g/mol. The molecule has 0 aliphatic carbocycles. The first-order valence-corrected chi connectivity index (χ1v) is 6.70. The largest absolute Gasteiger partial charge is 0.345 e. The first-order chi connectivity index (χ1) is 10.2. The summed E-state index contributed by atoms with van der Waals surface area (Å²) in [7, 11) is 0. The fourth-order valence-corrected chi connectivity index (χ4v) is 2.17. The summed E-state index contributed by atoms with van der Waals surface area (Å²) in [6.45, 7) is 1.93. The van der Waals surface area contributed by atoms with Crippen molar-refractivity contribution in [3.8, 4) is 11.3 Å². The molecule has 4 heteroatoms. The number of aryl methyl sites for hydroxylation is 1. The highest BCUT2D eigenvalue weighted by Crippen LogP contribution is 2.19. The Kier molecular flexibility index (Phi) is 3.51. The summed E-state index contributed by atoms with van der Waals surface area (Å²) in [6, 6.07) is 15.2. The Labute approximate surface area is 122 Å². The molecule has 0 saturated carbocycles. The molecule has 0 bridgehead atoms. The summed E-state index contributed by atoms with van der Waals surface area (Å²) < 4.78 is 0. The van der Waals surface area contributed by atoms with Crippen LogP contribution in [-0.2, 0) is 0 Å². The van der Waals surface area contributed by atoms with E-state index in [4.69, 9.17) is 0 Å². The summed E-state index contributed by atoms with van der Waals surface area (Å²) in [5, 5.41) is 2.91. The van der Waals surface area contributed by atoms with Crippen molar-refractivity contribution in [2.24, 2.45) is 0 Å². The highest BCUT2D eigenvalue weighted by atomic mass is 16.1. The van der Waals surface area contributed by atoms with Gasteiger partial charge in [-0.05, 0) is 36.2 Å². The molecule has 1 amide bonds. The van der Waals surface area contributed by atoms with Gasteiger partial charge in [0.1, 0.15) is 0 Å². The van der Waals surface area contributed by atoms with Gasteiger partial charge in [0.25, 0.3) is 5.91 Å². The fraction of sp³-hybridized carbons (Fsp3) is 0.0588. The second-order valence-corrected chi connectivity index (χ2v) is 4.81. The maximum Gasteiger partial charge on any atom is 0.255 e. The van der Waals surface area contributed by atoms with E-state index in [1.165, 1.54) is 0 Å². The van der Waals surface area contributed by atoms with Gasteiger partial charge in [-0.3, -0.25) is 4.79 Å². The van der Waals surface area contributed by atoms with Gasteiger partial charge < -0.3 is 10.3 Å². The number of aromatic amines is 1. The van der Waals surface area contributed by atoms with E-state index in [9.17, 15) is 4.79 Å². The molecule has 0 unspecified atom stereocenters. The number of carbonyl (C=O) groups is 1. The quantitative estimate of drug-likeness (QED) is 0.768. The van der Waals surface area contributed by atoms with Crippen LogP contribution in [-0.4, -0.2) is 15.9 Å². The van der Waals surface area contributed by atoms with Crippen molar-refractivity contribution >= 4 is 11.6 Å². The molecule has 2 aromatic carbocycles. The number of benzene rings is 2. The van der Waals surface area contributed by atoms with Gasteiger partial charge >= 0.3 is 0 Å². The van der Waals surface area contributed by atoms with Crippen LogP contribution in [0.4, 0.5) is 5.69 Å². The zero-order chi connectivity index (χ0) is 14.7. The Hall–Kier alpha value is -2.88. The molecule has 3 aromatic rings. The monoisotopic (exact) mass is 277 g/mol. The Balaban J connectivity index is 1.77. The van der Waals surface area contributed by atoms with Gasteiger partial charge in [-0.2, -0.15) is 0 Å². The third kappa shape index (κ3) is 2.84.